The Balaban J connectivity index is 2.65. The number of hydrogen-bond donors (Lipinski definition) is 1. The third-order valence-corrected chi connectivity index (χ3v) is 3.02. The summed E-state index contributed by atoms with van der Waals surface area (Å²) in [4.78, 5) is 0. The number of nitrogen functional groups attached to an aromatic ring is 1. The summed E-state index contributed by atoms with van der Waals surface area (Å²) in [5.41, 5.74) is 8.51. The molecule has 1 aromatic heterocycles. The molecule has 96 valence electrons. The molecule has 2 rings (SSSR count). The van der Waals surface area contributed by atoms with Gasteiger partial charge in [-0.2, -0.15) is 0 Å². The number of nitrogens with zero attached hydrogens (tertiary/aromatic N) is 1. The maximum atomic E-state index is 5.57. The summed E-state index contributed by atoms with van der Waals surface area (Å²) in [5, 5.41) is 3.69. The van der Waals surface area contributed by atoms with Crippen LogP contribution in [0.5, 0.6) is 11.5 Å². The Morgan fingerprint density at radius 2 is 1.83 bits per heavy atom. The van der Waals surface area contributed by atoms with Crippen molar-refractivity contribution in [2.24, 2.45) is 0 Å². The molecule has 0 unspecified atom stereocenters. The molecule has 0 aliphatic rings. The van der Waals surface area contributed by atoms with Gasteiger partial charge in [-0.3, -0.25) is 0 Å². The molecule has 5 heteroatoms. The Hall–Kier alpha value is -2.17. The lowest BCUT2D eigenvalue weighted by Crippen LogP contribution is -1.97. The first kappa shape index (κ1) is 12.3. The minimum atomic E-state index is 0.358. The fourth-order valence-corrected chi connectivity index (χ4v) is 1.94. The minimum absolute atomic E-state index is 0.358. The molecule has 0 saturated carbocycles. The van der Waals surface area contributed by atoms with Gasteiger partial charge in [0.15, 0.2) is 23.1 Å². The maximum Gasteiger partial charge on any atom is 0.169 e. The van der Waals surface area contributed by atoms with E-state index in [1.54, 1.807) is 20.3 Å². The lowest BCUT2D eigenvalue weighted by molar-refractivity contribution is 0.352. The molecule has 0 aliphatic heterocycles. The molecule has 0 radical (unpaired) electrons. The zero-order valence-corrected chi connectivity index (χ0v) is 10.9. The predicted octanol–water partition coefficient (Wildman–Crippen LogP) is 2.56. The van der Waals surface area contributed by atoms with Crippen LogP contribution in [0.4, 0.5) is 5.82 Å². The molecular formula is C13H16N2O3. The Morgan fingerprint density at radius 1 is 1.11 bits per heavy atom. The van der Waals surface area contributed by atoms with E-state index in [9.17, 15) is 0 Å². The van der Waals surface area contributed by atoms with Crippen LogP contribution in [0.15, 0.2) is 16.7 Å². The van der Waals surface area contributed by atoms with Gasteiger partial charge in [0, 0.05) is 11.6 Å². The van der Waals surface area contributed by atoms with E-state index in [1.165, 1.54) is 0 Å². The molecule has 0 spiro atoms. The van der Waals surface area contributed by atoms with Crippen LogP contribution in [0.3, 0.4) is 0 Å². The summed E-state index contributed by atoms with van der Waals surface area (Å²) in [6.07, 6.45) is 0. The summed E-state index contributed by atoms with van der Waals surface area (Å²) >= 11 is 0. The Labute approximate surface area is 105 Å². The van der Waals surface area contributed by atoms with Crippen LogP contribution < -0.4 is 15.2 Å². The van der Waals surface area contributed by atoms with Gasteiger partial charge in [-0.05, 0) is 31.0 Å². The topological polar surface area (TPSA) is 70.5 Å². The van der Waals surface area contributed by atoms with Gasteiger partial charge >= 0.3 is 0 Å². The highest BCUT2D eigenvalue weighted by atomic mass is 16.5. The van der Waals surface area contributed by atoms with Crippen LogP contribution in [0, 0.1) is 13.8 Å². The van der Waals surface area contributed by atoms with Gasteiger partial charge in [-0.15, -0.1) is 0 Å². The van der Waals surface area contributed by atoms with Crippen LogP contribution in [0.1, 0.15) is 11.1 Å². The van der Waals surface area contributed by atoms with E-state index in [4.69, 9.17) is 19.7 Å². The lowest BCUT2D eigenvalue weighted by Gasteiger charge is -2.15. The van der Waals surface area contributed by atoms with Crippen LogP contribution in [-0.4, -0.2) is 19.4 Å². The number of hydrogen-bond acceptors (Lipinski definition) is 5. The number of ether oxygens (including phenoxy) is 2. The van der Waals surface area contributed by atoms with Gasteiger partial charge in [-0.1, -0.05) is 5.16 Å². The highest BCUT2D eigenvalue weighted by molar-refractivity contribution is 5.71. The molecule has 1 heterocycles. The molecule has 18 heavy (non-hydrogen) atoms. The predicted molar refractivity (Wildman–Crippen MR) is 68.9 cm³/mol. The largest absolute Gasteiger partial charge is 0.493 e. The van der Waals surface area contributed by atoms with E-state index in [1.807, 2.05) is 19.9 Å². The SMILES string of the molecule is COc1cc(-c2cc(N)no2)c(C)c(C)c1OC. The van der Waals surface area contributed by atoms with Crippen LogP contribution in [0.25, 0.3) is 11.3 Å². The number of benzene rings is 1. The second-order valence-electron chi connectivity index (χ2n) is 4.03. The Kier molecular flexibility index (Phi) is 3.14. The average Bonchev–Trinajstić information content (AvgIpc) is 2.78. The molecule has 0 bridgehead atoms. The van der Waals surface area contributed by atoms with Crippen LogP contribution >= 0.6 is 0 Å². The van der Waals surface area contributed by atoms with Crippen molar-refractivity contribution >= 4 is 5.82 Å². The Bertz CT molecular complexity index is 576. The van der Waals surface area contributed by atoms with E-state index in [2.05, 4.69) is 5.16 Å². The molecular weight excluding hydrogens is 232 g/mol. The molecule has 0 amide bonds. The lowest BCUT2D eigenvalue weighted by atomic mass is 9.99. The van der Waals surface area contributed by atoms with Crippen molar-refractivity contribution in [2.45, 2.75) is 13.8 Å². The molecule has 2 N–H and O–H groups in total. The normalized spacial score (nSPS) is 10.4. The molecule has 0 atom stereocenters. The third-order valence-electron chi connectivity index (χ3n) is 3.02. The van der Waals surface area contributed by atoms with Crippen molar-refractivity contribution in [3.63, 3.8) is 0 Å². The van der Waals surface area contributed by atoms with Crippen LogP contribution in [-0.2, 0) is 0 Å². The first-order chi connectivity index (χ1) is 8.58. The monoisotopic (exact) mass is 248 g/mol. The minimum Gasteiger partial charge on any atom is -0.493 e. The zero-order valence-electron chi connectivity index (χ0n) is 10.9. The molecule has 2 aromatic rings. The maximum absolute atomic E-state index is 5.57. The van der Waals surface area contributed by atoms with Gasteiger partial charge in [0.1, 0.15) is 0 Å². The summed E-state index contributed by atoms with van der Waals surface area (Å²) in [5.74, 6) is 2.36. The number of anilines is 1. The van der Waals surface area contributed by atoms with Crippen molar-refractivity contribution < 1.29 is 14.0 Å². The standard InChI is InChI=1S/C13H16N2O3/c1-7-8(2)13(17-4)11(16-3)5-9(7)10-6-12(14)15-18-10/h5-6H,1-4H3,(H2,14,15). The highest BCUT2D eigenvalue weighted by Gasteiger charge is 2.17. The second-order valence-corrected chi connectivity index (χ2v) is 4.03. The van der Waals surface area contributed by atoms with Gasteiger partial charge in [0.05, 0.1) is 14.2 Å². The van der Waals surface area contributed by atoms with Crippen molar-refractivity contribution in [1.29, 1.82) is 0 Å². The quantitative estimate of drug-likeness (QED) is 0.903. The van der Waals surface area contributed by atoms with Crippen molar-refractivity contribution in [2.75, 3.05) is 20.0 Å². The smallest absolute Gasteiger partial charge is 0.169 e. The van der Waals surface area contributed by atoms with E-state index in [-0.39, 0.29) is 0 Å². The van der Waals surface area contributed by atoms with Crippen LogP contribution in [0.2, 0.25) is 0 Å². The fourth-order valence-electron chi connectivity index (χ4n) is 1.94. The average molecular weight is 248 g/mol. The number of methoxy groups -OCH3 is 2. The van der Waals surface area contributed by atoms with Gasteiger partial charge in [0.2, 0.25) is 0 Å². The van der Waals surface area contributed by atoms with E-state index < -0.39 is 0 Å². The Morgan fingerprint density at radius 3 is 2.33 bits per heavy atom. The summed E-state index contributed by atoms with van der Waals surface area (Å²) < 4.78 is 15.9. The third kappa shape index (κ3) is 1.88. The van der Waals surface area contributed by atoms with E-state index in [0.29, 0.717) is 17.3 Å². The molecule has 0 saturated heterocycles. The van der Waals surface area contributed by atoms with E-state index in [0.717, 1.165) is 22.4 Å². The number of nitrogens with two attached hydrogens (primary N) is 1. The van der Waals surface area contributed by atoms with Crippen molar-refractivity contribution in [3.05, 3.63) is 23.3 Å². The molecule has 1 aromatic carbocycles. The molecule has 5 nitrogen and oxygen atoms in total. The summed E-state index contributed by atoms with van der Waals surface area (Å²) in [6, 6.07) is 3.55. The fraction of sp³-hybridized carbons (Fsp3) is 0.308. The summed E-state index contributed by atoms with van der Waals surface area (Å²) in [7, 11) is 3.22. The van der Waals surface area contributed by atoms with Gasteiger partial charge in [-0.25, -0.2) is 0 Å². The first-order valence-electron chi connectivity index (χ1n) is 5.53. The van der Waals surface area contributed by atoms with Gasteiger partial charge < -0.3 is 19.7 Å². The van der Waals surface area contributed by atoms with Gasteiger partial charge in [0.25, 0.3) is 0 Å². The number of aromatic nitrogens is 1. The molecule has 0 aliphatic carbocycles. The molecule has 0 fully saturated rings. The van der Waals surface area contributed by atoms with E-state index >= 15 is 0 Å². The summed E-state index contributed by atoms with van der Waals surface area (Å²) in [6.45, 7) is 3.96. The van der Waals surface area contributed by atoms with Crippen molar-refractivity contribution in [3.8, 4) is 22.8 Å². The zero-order chi connectivity index (χ0) is 13.3. The second kappa shape index (κ2) is 4.60. The highest BCUT2D eigenvalue weighted by Crippen LogP contribution is 2.39. The number of rotatable bonds is 3. The first-order valence-corrected chi connectivity index (χ1v) is 5.53. The van der Waals surface area contributed by atoms with Crippen molar-refractivity contribution in [1.82, 2.24) is 5.16 Å².